The first-order valence-corrected chi connectivity index (χ1v) is 5.27. The number of hydrogen-bond donors (Lipinski definition) is 1. The van der Waals surface area contributed by atoms with Crippen molar-refractivity contribution in [2.75, 3.05) is 13.6 Å². The van der Waals surface area contributed by atoms with Crippen molar-refractivity contribution in [2.24, 2.45) is 0 Å². The fraction of sp³-hybridized carbons (Fsp3) is 0.667. The van der Waals surface area contributed by atoms with Gasteiger partial charge in [-0.25, -0.2) is 4.98 Å². The molecule has 0 aliphatic carbocycles. The highest BCUT2D eigenvalue weighted by molar-refractivity contribution is 7.09. The maximum Gasteiger partial charge on any atom is 0.0900 e. The van der Waals surface area contributed by atoms with Crippen molar-refractivity contribution in [3.63, 3.8) is 0 Å². The van der Waals surface area contributed by atoms with Gasteiger partial charge in [-0.15, -0.1) is 11.3 Å². The predicted molar refractivity (Wildman–Crippen MR) is 55.0 cm³/mol. The second kappa shape index (κ2) is 5.32. The van der Waals surface area contributed by atoms with Crippen molar-refractivity contribution in [2.45, 2.75) is 26.6 Å². The molecule has 1 heterocycles. The molecule has 1 unspecified atom stereocenters. The summed E-state index contributed by atoms with van der Waals surface area (Å²) in [6.07, 6.45) is 0.243. The maximum atomic E-state index is 5.56. The molecular weight excluding hydrogens is 184 g/mol. The molecule has 0 aliphatic rings. The summed E-state index contributed by atoms with van der Waals surface area (Å²) in [5, 5.41) is 6.21. The number of thiazole rings is 1. The molecular formula is C9H16N2OS. The van der Waals surface area contributed by atoms with Gasteiger partial charge in [-0.05, 0) is 20.9 Å². The van der Waals surface area contributed by atoms with Gasteiger partial charge in [-0.3, -0.25) is 0 Å². The molecule has 74 valence electrons. The van der Waals surface area contributed by atoms with Crippen molar-refractivity contribution in [3.8, 4) is 0 Å². The van der Waals surface area contributed by atoms with E-state index in [2.05, 4.69) is 17.2 Å². The first-order chi connectivity index (χ1) is 6.22. The van der Waals surface area contributed by atoms with Crippen LogP contribution in [0.3, 0.4) is 0 Å². The molecule has 0 saturated carbocycles. The van der Waals surface area contributed by atoms with Crippen LogP contribution in [-0.4, -0.2) is 24.7 Å². The Bertz CT molecular complexity index is 250. The lowest BCUT2D eigenvalue weighted by molar-refractivity contribution is 0.0527. The topological polar surface area (TPSA) is 34.1 Å². The van der Waals surface area contributed by atoms with E-state index in [9.17, 15) is 0 Å². The lowest BCUT2D eigenvalue weighted by Gasteiger charge is -2.10. The van der Waals surface area contributed by atoms with Crippen molar-refractivity contribution >= 4 is 11.3 Å². The zero-order valence-electron chi connectivity index (χ0n) is 8.33. The molecule has 0 amide bonds. The van der Waals surface area contributed by atoms with E-state index in [0.717, 1.165) is 17.2 Å². The number of rotatable bonds is 5. The van der Waals surface area contributed by atoms with Crippen LogP contribution in [0.2, 0.25) is 0 Å². The van der Waals surface area contributed by atoms with E-state index in [1.54, 1.807) is 11.3 Å². The van der Waals surface area contributed by atoms with Crippen LogP contribution in [0.1, 0.15) is 17.6 Å². The fourth-order valence-electron chi connectivity index (χ4n) is 1.05. The SMILES string of the molecule is CNCC(C)OCc1csc(C)n1. The minimum Gasteiger partial charge on any atom is -0.371 e. The van der Waals surface area contributed by atoms with Crippen LogP contribution in [-0.2, 0) is 11.3 Å². The summed E-state index contributed by atoms with van der Waals surface area (Å²) >= 11 is 1.66. The van der Waals surface area contributed by atoms with E-state index < -0.39 is 0 Å². The number of nitrogens with one attached hydrogen (secondary N) is 1. The molecule has 3 nitrogen and oxygen atoms in total. The minimum atomic E-state index is 0.243. The highest BCUT2D eigenvalue weighted by Gasteiger charge is 2.02. The summed E-state index contributed by atoms with van der Waals surface area (Å²) in [7, 11) is 1.92. The van der Waals surface area contributed by atoms with Gasteiger partial charge < -0.3 is 10.1 Å². The molecule has 4 heteroatoms. The van der Waals surface area contributed by atoms with Gasteiger partial charge in [-0.2, -0.15) is 0 Å². The number of aryl methyl sites for hydroxylation is 1. The largest absolute Gasteiger partial charge is 0.371 e. The van der Waals surface area contributed by atoms with Crippen LogP contribution in [0.4, 0.5) is 0 Å². The Morgan fingerprint density at radius 2 is 2.46 bits per heavy atom. The average molecular weight is 200 g/mol. The van der Waals surface area contributed by atoms with Gasteiger partial charge in [0.2, 0.25) is 0 Å². The quantitative estimate of drug-likeness (QED) is 0.783. The van der Waals surface area contributed by atoms with Gasteiger partial charge >= 0.3 is 0 Å². The second-order valence-electron chi connectivity index (χ2n) is 3.04. The van der Waals surface area contributed by atoms with Crippen LogP contribution in [0, 0.1) is 6.92 Å². The van der Waals surface area contributed by atoms with Gasteiger partial charge in [-0.1, -0.05) is 0 Å². The van der Waals surface area contributed by atoms with E-state index in [-0.39, 0.29) is 6.10 Å². The lowest BCUT2D eigenvalue weighted by Crippen LogP contribution is -2.23. The number of aromatic nitrogens is 1. The van der Waals surface area contributed by atoms with Crippen molar-refractivity contribution < 1.29 is 4.74 Å². The smallest absolute Gasteiger partial charge is 0.0900 e. The molecule has 0 radical (unpaired) electrons. The summed E-state index contributed by atoms with van der Waals surface area (Å²) in [5.41, 5.74) is 1.03. The highest BCUT2D eigenvalue weighted by Crippen LogP contribution is 2.09. The first-order valence-electron chi connectivity index (χ1n) is 4.39. The molecule has 1 N–H and O–H groups in total. The Morgan fingerprint density at radius 1 is 1.69 bits per heavy atom. The van der Waals surface area contributed by atoms with Gasteiger partial charge in [0.1, 0.15) is 0 Å². The highest BCUT2D eigenvalue weighted by atomic mass is 32.1. The molecule has 13 heavy (non-hydrogen) atoms. The van der Waals surface area contributed by atoms with E-state index >= 15 is 0 Å². The van der Waals surface area contributed by atoms with Crippen LogP contribution >= 0.6 is 11.3 Å². The molecule has 1 atom stereocenters. The zero-order valence-corrected chi connectivity index (χ0v) is 9.15. The maximum absolute atomic E-state index is 5.56. The van der Waals surface area contributed by atoms with Crippen LogP contribution in [0.25, 0.3) is 0 Å². The second-order valence-corrected chi connectivity index (χ2v) is 4.10. The predicted octanol–water partition coefficient (Wildman–Crippen LogP) is 1.58. The summed E-state index contributed by atoms with van der Waals surface area (Å²) < 4.78 is 5.56. The normalized spacial score (nSPS) is 13.2. The Morgan fingerprint density at radius 3 is 3.00 bits per heavy atom. The standard InChI is InChI=1S/C9H16N2OS/c1-7(4-10-3)12-5-9-6-13-8(2)11-9/h6-7,10H,4-5H2,1-3H3. The van der Waals surface area contributed by atoms with Gasteiger partial charge in [0.25, 0.3) is 0 Å². The van der Waals surface area contributed by atoms with Crippen LogP contribution in [0.15, 0.2) is 5.38 Å². The Kier molecular flexibility index (Phi) is 4.35. The molecule has 0 bridgehead atoms. The molecule has 0 aromatic carbocycles. The minimum absolute atomic E-state index is 0.243. The Balaban J connectivity index is 2.26. The third-order valence-electron chi connectivity index (χ3n) is 1.67. The van der Waals surface area contributed by atoms with Gasteiger partial charge in [0, 0.05) is 11.9 Å². The monoisotopic (exact) mass is 200 g/mol. The van der Waals surface area contributed by atoms with Crippen molar-refractivity contribution in [1.29, 1.82) is 0 Å². The van der Waals surface area contributed by atoms with E-state index in [1.165, 1.54) is 0 Å². The lowest BCUT2D eigenvalue weighted by atomic mass is 10.4. The summed E-state index contributed by atoms with van der Waals surface area (Å²) in [5.74, 6) is 0. The van der Waals surface area contributed by atoms with Crippen LogP contribution < -0.4 is 5.32 Å². The molecule has 0 spiro atoms. The van der Waals surface area contributed by atoms with Crippen molar-refractivity contribution in [3.05, 3.63) is 16.1 Å². The third kappa shape index (κ3) is 3.85. The van der Waals surface area contributed by atoms with Crippen molar-refractivity contribution in [1.82, 2.24) is 10.3 Å². The third-order valence-corrected chi connectivity index (χ3v) is 2.50. The summed E-state index contributed by atoms with van der Waals surface area (Å²) in [6.45, 7) is 5.55. The summed E-state index contributed by atoms with van der Waals surface area (Å²) in [4.78, 5) is 4.32. The van der Waals surface area contributed by atoms with E-state index in [0.29, 0.717) is 6.61 Å². The molecule has 1 aromatic rings. The first kappa shape index (κ1) is 10.6. The number of likely N-dealkylation sites (N-methyl/N-ethyl adjacent to an activating group) is 1. The number of nitrogens with zero attached hydrogens (tertiary/aromatic N) is 1. The van der Waals surface area contributed by atoms with E-state index in [1.807, 2.05) is 19.4 Å². The van der Waals surface area contributed by atoms with Gasteiger partial charge in [0.15, 0.2) is 0 Å². The Labute approximate surface area is 83.1 Å². The zero-order chi connectivity index (χ0) is 9.68. The molecule has 0 fully saturated rings. The van der Waals surface area contributed by atoms with Gasteiger partial charge in [0.05, 0.1) is 23.4 Å². The number of ether oxygens (including phenoxy) is 1. The van der Waals surface area contributed by atoms with Crippen LogP contribution in [0.5, 0.6) is 0 Å². The van der Waals surface area contributed by atoms with E-state index in [4.69, 9.17) is 4.74 Å². The molecule has 1 aromatic heterocycles. The number of hydrogen-bond acceptors (Lipinski definition) is 4. The summed E-state index contributed by atoms with van der Waals surface area (Å²) in [6, 6.07) is 0. The average Bonchev–Trinajstić information content (AvgIpc) is 2.49. The Hall–Kier alpha value is -0.450. The fourth-order valence-corrected chi connectivity index (χ4v) is 1.65. The molecule has 1 rings (SSSR count). The molecule has 0 aliphatic heterocycles. The molecule has 0 saturated heterocycles.